The lowest BCUT2D eigenvalue weighted by molar-refractivity contribution is 0.663. The van der Waals surface area contributed by atoms with Gasteiger partial charge in [0.2, 0.25) is 0 Å². The van der Waals surface area contributed by atoms with E-state index in [-0.39, 0.29) is 8.55 Å². The molecule has 7 heteroatoms. The molecule has 4 nitrogen and oxygen atoms in total. The summed E-state index contributed by atoms with van der Waals surface area (Å²) in [5.74, 6) is 0. The molecule has 1 saturated heterocycles. The molecule has 120 valence electrons. The van der Waals surface area contributed by atoms with Crippen molar-refractivity contribution in [2.45, 2.75) is 0 Å². The molecule has 0 radical (unpaired) electrons. The van der Waals surface area contributed by atoms with Gasteiger partial charge in [-0.25, -0.2) is 9.98 Å². The van der Waals surface area contributed by atoms with E-state index in [1.54, 1.807) is 0 Å². The van der Waals surface area contributed by atoms with Gasteiger partial charge in [-0.2, -0.15) is 0 Å². The molecule has 0 amide bonds. The van der Waals surface area contributed by atoms with Crippen molar-refractivity contribution in [2.24, 2.45) is 9.98 Å². The third-order valence-corrected chi connectivity index (χ3v) is 9.77. The number of rotatable bonds is 2. The molecule has 0 aliphatic carbocycles. The van der Waals surface area contributed by atoms with E-state index in [0.29, 0.717) is 0 Å². The summed E-state index contributed by atoms with van der Waals surface area (Å²) >= 11 is 0. The Morgan fingerprint density at radius 3 is 1.62 bits per heavy atom. The first-order valence-electron chi connectivity index (χ1n) is 7.69. The standard InChI is InChI=1S/C17H14N4S3/c1-3-7-13(8-4-1)18-15-20-11-12-21-16(23-24(22-15)17(20)21)19-14-9-5-2-6-10-14/h1-10H,11-12H2. The summed E-state index contributed by atoms with van der Waals surface area (Å²) in [6.45, 7) is 1.98. The second-order valence-corrected chi connectivity index (χ2v) is 11.0. The predicted octanol–water partition coefficient (Wildman–Crippen LogP) is 4.66. The van der Waals surface area contributed by atoms with Crippen LogP contribution in [0.25, 0.3) is 0 Å². The van der Waals surface area contributed by atoms with Gasteiger partial charge in [-0.3, -0.25) is 9.80 Å². The lowest BCUT2D eigenvalue weighted by Gasteiger charge is -2.15. The van der Waals surface area contributed by atoms with Gasteiger partial charge in [0, 0.05) is 13.1 Å². The van der Waals surface area contributed by atoms with Gasteiger partial charge < -0.3 is 0 Å². The zero-order valence-electron chi connectivity index (χ0n) is 12.7. The van der Waals surface area contributed by atoms with Crippen LogP contribution in [0.4, 0.5) is 11.4 Å². The maximum absolute atomic E-state index is 4.84. The Morgan fingerprint density at radius 1 is 0.708 bits per heavy atom. The van der Waals surface area contributed by atoms with Gasteiger partial charge in [0.15, 0.2) is 15.4 Å². The largest absolute Gasteiger partial charge is 0.298 e. The lowest BCUT2D eigenvalue weighted by Crippen LogP contribution is -2.32. The normalized spacial score (nSPS) is 25.2. The molecule has 0 atom stereocenters. The van der Waals surface area contributed by atoms with Gasteiger partial charge in [0.1, 0.15) is 0 Å². The van der Waals surface area contributed by atoms with Crippen molar-refractivity contribution >= 4 is 57.0 Å². The van der Waals surface area contributed by atoms with Crippen molar-refractivity contribution in [2.75, 3.05) is 13.1 Å². The molecule has 0 unspecified atom stereocenters. The molecule has 0 spiro atoms. The van der Waals surface area contributed by atoms with Crippen LogP contribution in [0.1, 0.15) is 0 Å². The Balaban J connectivity index is 1.43. The monoisotopic (exact) mass is 370 g/mol. The fourth-order valence-electron chi connectivity index (χ4n) is 2.77. The van der Waals surface area contributed by atoms with Gasteiger partial charge in [-0.15, -0.1) is 0 Å². The van der Waals surface area contributed by atoms with E-state index in [0.717, 1.165) is 34.8 Å². The summed E-state index contributed by atoms with van der Waals surface area (Å²) in [7, 11) is 3.79. The Hall–Kier alpha value is -1.70. The smallest absolute Gasteiger partial charge is 0.181 e. The van der Waals surface area contributed by atoms with Gasteiger partial charge in [-0.1, -0.05) is 36.4 Å². The van der Waals surface area contributed by atoms with E-state index in [1.807, 2.05) is 58.0 Å². The molecule has 1 fully saturated rings. The summed E-state index contributed by atoms with van der Waals surface area (Å²) < 4.78 is 0. The zero-order chi connectivity index (χ0) is 15.9. The summed E-state index contributed by atoms with van der Waals surface area (Å²) in [6.07, 6.45) is 0. The first-order valence-corrected chi connectivity index (χ1v) is 11.6. The Labute approximate surface area is 150 Å². The third kappa shape index (κ3) is 2.47. The molecule has 5 rings (SSSR count). The van der Waals surface area contributed by atoms with Crippen molar-refractivity contribution in [3.63, 3.8) is 0 Å². The minimum absolute atomic E-state index is 0.0672. The summed E-state index contributed by atoms with van der Waals surface area (Å²) in [5, 5.41) is 3.61. The Bertz CT molecular complexity index is 806. The van der Waals surface area contributed by atoms with Crippen LogP contribution in [0.2, 0.25) is 0 Å². The van der Waals surface area contributed by atoms with Crippen molar-refractivity contribution < 1.29 is 0 Å². The molecule has 0 bridgehead atoms. The fourth-order valence-corrected chi connectivity index (χ4v) is 9.48. The van der Waals surface area contributed by atoms with Crippen LogP contribution < -0.4 is 0 Å². The number of hydrogen-bond acceptors (Lipinski definition) is 4. The second kappa shape index (κ2) is 5.98. The van der Waals surface area contributed by atoms with Crippen molar-refractivity contribution in [1.29, 1.82) is 0 Å². The molecule has 2 aromatic rings. The average molecular weight is 371 g/mol. The van der Waals surface area contributed by atoms with Crippen LogP contribution in [-0.4, -0.2) is 38.3 Å². The summed E-state index contributed by atoms with van der Waals surface area (Å²) in [5.41, 5.74) is 2.04. The third-order valence-electron chi connectivity index (χ3n) is 3.88. The molecule has 3 heterocycles. The lowest BCUT2D eigenvalue weighted by atomic mass is 10.3. The van der Waals surface area contributed by atoms with Crippen LogP contribution >= 0.6 is 30.1 Å². The zero-order valence-corrected chi connectivity index (χ0v) is 15.2. The maximum Gasteiger partial charge on any atom is 0.181 e. The number of para-hydroxylation sites is 2. The van der Waals surface area contributed by atoms with Gasteiger partial charge in [-0.05, 0) is 54.4 Å². The minimum Gasteiger partial charge on any atom is -0.298 e. The maximum atomic E-state index is 4.84. The predicted molar refractivity (Wildman–Crippen MR) is 108 cm³/mol. The Morgan fingerprint density at radius 2 is 1.17 bits per heavy atom. The quantitative estimate of drug-likeness (QED) is 0.568. The van der Waals surface area contributed by atoms with Crippen molar-refractivity contribution in [3.8, 4) is 0 Å². The van der Waals surface area contributed by atoms with Gasteiger partial charge in [0.25, 0.3) is 0 Å². The average Bonchev–Trinajstić information content (AvgIpc) is 3.27. The van der Waals surface area contributed by atoms with E-state index in [1.165, 1.54) is 5.11 Å². The SMILES string of the molecule is c1ccc(N=C2SS3=C4N2CCN4C(=Nc2ccccc2)S3)cc1. The van der Waals surface area contributed by atoms with Gasteiger partial charge in [0.05, 0.1) is 11.4 Å². The fraction of sp³-hybridized carbons (Fsp3) is 0.118. The number of hydrogen-bond donors (Lipinski definition) is 0. The molecule has 0 N–H and O–H groups in total. The summed E-state index contributed by atoms with van der Waals surface area (Å²) in [4.78, 5) is 14.4. The van der Waals surface area contributed by atoms with E-state index in [2.05, 4.69) is 34.1 Å². The highest BCUT2D eigenvalue weighted by Gasteiger charge is 2.45. The first kappa shape index (κ1) is 14.6. The number of aliphatic imine (C=N–C) groups is 2. The van der Waals surface area contributed by atoms with Crippen LogP contribution in [0.5, 0.6) is 0 Å². The van der Waals surface area contributed by atoms with E-state index in [4.69, 9.17) is 9.98 Å². The first-order chi connectivity index (χ1) is 11.9. The molecule has 3 aliphatic rings. The highest BCUT2D eigenvalue weighted by molar-refractivity contribution is 9.21. The number of amidine groups is 2. The molecular formula is C17H14N4S3. The van der Waals surface area contributed by atoms with Crippen molar-refractivity contribution in [3.05, 3.63) is 60.7 Å². The second-order valence-electron chi connectivity index (χ2n) is 5.45. The van der Waals surface area contributed by atoms with Crippen LogP contribution in [-0.2, 0) is 0 Å². The molecular weight excluding hydrogens is 356 g/mol. The number of benzene rings is 2. The van der Waals surface area contributed by atoms with E-state index >= 15 is 0 Å². The Kier molecular flexibility index (Phi) is 3.65. The topological polar surface area (TPSA) is 31.2 Å². The van der Waals surface area contributed by atoms with Crippen LogP contribution in [0, 0.1) is 0 Å². The molecule has 2 aromatic carbocycles. The van der Waals surface area contributed by atoms with Gasteiger partial charge >= 0.3 is 0 Å². The number of nitrogens with zero attached hydrogens (tertiary/aromatic N) is 4. The summed E-state index contributed by atoms with van der Waals surface area (Å²) in [6, 6.07) is 20.4. The molecule has 0 aromatic heterocycles. The van der Waals surface area contributed by atoms with E-state index < -0.39 is 0 Å². The highest BCUT2D eigenvalue weighted by Crippen LogP contribution is 2.58. The molecule has 24 heavy (non-hydrogen) atoms. The molecule has 0 saturated carbocycles. The van der Waals surface area contributed by atoms with Crippen LogP contribution in [0.3, 0.4) is 0 Å². The highest BCUT2D eigenvalue weighted by atomic mass is 33.5. The molecule has 3 aliphatic heterocycles. The van der Waals surface area contributed by atoms with Crippen molar-refractivity contribution in [1.82, 2.24) is 9.80 Å². The van der Waals surface area contributed by atoms with E-state index in [9.17, 15) is 0 Å². The van der Waals surface area contributed by atoms with Crippen LogP contribution in [0.15, 0.2) is 70.6 Å². The minimum atomic E-state index is 0.0672.